The molecule has 5 nitrogen and oxygen atoms in total. The molecule has 0 aliphatic carbocycles. The lowest BCUT2D eigenvalue weighted by atomic mass is 10.1. The summed E-state index contributed by atoms with van der Waals surface area (Å²) in [4.78, 5) is 8.75. The number of aliphatic hydroxyl groups excluding tert-OH is 1. The van der Waals surface area contributed by atoms with E-state index >= 15 is 0 Å². The number of rotatable bonds is 3. The van der Waals surface area contributed by atoms with Crippen molar-refractivity contribution in [3.05, 3.63) is 34.9 Å². The molecule has 0 saturated carbocycles. The molecule has 0 aliphatic rings. The summed E-state index contributed by atoms with van der Waals surface area (Å²) in [5, 5.41) is 14.2. The Balaban J connectivity index is 2.34. The third-order valence-corrected chi connectivity index (χ3v) is 2.99. The molecule has 0 saturated heterocycles. The zero-order chi connectivity index (χ0) is 11.5. The average Bonchev–Trinajstić information content (AvgIpc) is 2.78. The van der Waals surface area contributed by atoms with Gasteiger partial charge in [-0.2, -0.15) is 0 Å². The minimum absolute atomic E-state index is 0.236. The first kappa shape index (κ1) is 11.1. The molecule has 84 valence electrons. The fraction of sp³-hybridized carbons (Fsp3) is 0.400. The van der Waals surface area contributed by atoms with Gasteiger partial charge in [0.15, 0.2) is 0 Å². The van der Waals surface area contributed by atoms with Gasteiger partial charge in [0.25, 0.3) is 0 Å². The summed E-state index contributed by atoms with van der Waals surface area (Å²) in [5.41, 5.74) is 1.35. The first-order valence-corrected chi connectivity index (χ1v) is 5.73. The van der Waals surface area contributed by atoms with E-state index in [0.717, 1.165) is 10.6 Å². The van der Waals surface area contributed by atoms with Gasteiger partial charge in [0.1, 0.15) is 6.10 Å². The molecule has 2 aromatic rings. The number of hydrogen-bond acceptors (Lipinski definition) is 6. The largest absolute Gasteiger partial charge is 0.381 e. The molecule has 0 radical (unpaired) electrons. The Kier molecular flexibility index (Phi) is 3.21. The highest BCUT2D eigenvalue weighted by molar-refractivity contribution is 7.05. The van der Waals surface area contributed by atoms with Crippen LogP contribution in [0.1, 0.15) is 42.1 Å². The summed E-state index contributed by atoms with van der Waals surface area (Å²) in [6.07, 6.45) is 3.90. The van der Waals surface area contributed by atoms with Gasteiger partial charge in [-0.1, -0.05) is 18.3 Å². The average molecular weight is 236 g/mol. The van der Waals surface area contributed by atoms with Gasteiger partial charge in [-0.05, 0) is 17.5 Å². The molecule has 0 fully saturated rings. The molecular formula is C10H12N4OS. The highest BCUT2D eigenvalue weighted by Gasteiger charge is 2.21. The quantitative estimate of drug-likeness (QED) is 0.875. The smallest absolute Gasteiger partial charge is 0.135 e. The van der Waals surface area contributed by atoms with Gasteiger partial charge < -0.3 is 5.11 Å². The second kappa shape index (κ2) is 4.63. The maximum absolute atomic E-state index is 10.1. The Morgan fingerprint density at radius 2 is 2.12 bits per heavy atom. The number of aromatic nitrogens is 4. The molecule has 2 aromatic heterocycles. The van der Waals surface area contributed by atoms with Crippen molar-refractivity contribution in [2.45, 2.75) is 25.9 Å². The second-order valence-corrected chi connectivity index (χ2v) is 4.50. The topological polar surface area (TPSA) is 71.8 Å². The van der Waals surface area contributed by atoms with Crippen LogP contribution in [-0.4, -0.2) is 24.7 Å². The first-order valence-electron chi connectivity index (χ1n) is 4.96. The van der Waals surface area contributed by atoms with Crippen molar-refractivity contribution < 1.29 is 5.11 Å². The molecule has 6 heteroatoms. The van der Waals surface area contributed by atoms with Crippen molar-refractivity contribution >= 4 is 11.5 Å². The molecule has 0 aromatic carbocycles. The van der Waals surface area contributed by atoms with Crippen LogP contribution in [0.2, 0.25) is 0 Å². The highest BCUT2D eigenvalue weighted by Crippen LogP contribution is 2.29. The molecule has 1 unspecified atom stereocenters. The summed E-state index contributed by atoms with van der Waals surface area (Å²) in [6.45, 7) is 4.03. The molecular weight excluding hydrogens is 224 g/mol. The van der Waals surface area contributed by atoms with E-state index in [2.05, 4.69) is 19.6 Å². The zero-order valence-corrected chi connectivity index (χ0v) is 9.85. The lowest BCUT2D eigenvalue weighted by molar-refractivity contribution is 0.217. The summed E-state index contributed by atoms with van der Waals surface area (Å²) in [5.74, 6) is 0.236. The fourth-order valence-electron chi connectivity index (χ4n) is 1.38. The Hall–Kier alpha value is -1.40. The molecule has 0 bridgehead atoms. The number of hydrogen-bond donors (Lipinski definition) is 1. The van der Waals surface area contributed by atoms with E-state index in [9.17, 15) is 5.11 Å². The summed E-state index contributed by atoms with van der Waals surface area (Å²) >= 11 is 1.20. The molecule has 0 spiro atoms. The third-order valence-electron chi connectivity index (χ3n) is 2.20. The van der Waals surface area contributed by atoms with E-state index in [1.54, 1.807) is 18.6 Å². The van der Waals surface area contributed by atoms with Crippen LogP contribution in [0.25, 0.3) is 0 Å². The number of nitrogens with zero attached hydrogens (tertiary/aromatic N) is 4. The number of aliphatic hydroxyl groups is 1. The SMILES string of the molecule is CC(C)c1nnsc1C(O)c1cnccn1. The predicted molar refractivity (Wildman–Crippen MR) is 60.1 cm³/mol. The van der Waals surface area contributed by atoms with E-state index < -0.39 is 6.10 Å². The van der Waals surface area contributed by atoms with Crippen molar-refractivity contribution in [2.75, 3.05) is 0 Å². The van der Waals surface area contributed by atoms with E-state index in [1.807, 2.05) is 13.8 Å². The van der Waals surface area contributed by atoms with Crippen molar-refractivity contribution in [3.8, 4) is 0 Å². The molecule has 2 rings (SSSR count). The Bertz CT molecular complexity index is 457. The molecule has 2 heterocycles. The Morgan fingerprint density at radius 1 is 1.31 bits per heavy atom. The van der Waals surface area contributed by atoms with Crippen LogP contribution in [0.15, 0.2) is 18.6 Å². The monoisotopic (exact) mass is 236 g/mol. The van der Waals surface area contributed by atoms with E-state index in [1.165, 1.54) is 11.5 Å². The van der Waals surface area contributed by atoms with Crippen LogP contribution >= 0.6 is 11.5 Å². The van der Waals surface area contributed by atoms with Gasteiger partial charge in [0, 0.05) is 12.4 Å². The van der Waals surface area contributed by atoms with Gasteiger partial charge in [-0.25, -0.2) is 0 Å². The van der Waals surface area contributed by atoms with Gasteiger partial charge >= 0.3 is 0 Å². The molecule has 1 atom stereocenters. The van der Waals surface area contributed by atoms with Gasteiger partial charge in [0.05, 0.1) is 22.5 Å². The summed E-state index contributed by atoms with van der Waals surface area (Å²) < 4.78 is 3.87. The van der Waals surface area contributed by atoms with E-state index in [0.29, 0.717) is 5.69 Å². The summed E-state index contributed by atoms with van der Waals surface area (Å²) in [6, 6.07) is 0. The van der Waals surface area contributed by atoms with Crippen molar-refractivity contribution in [1.29, 1.82) is 0 Å². The highest BCUT2D eigenvalue weighted by atomic mass is 32.1. The standard InChI is InChI=1S/C10H12N4OS/c1-6(2)8-10(16-14-13-8)9(15)7-5-11-3-4-12-7/h3-6,9,15H,1-2H3. The maximum Gasteiger partial charge on any atom is 0.135 e. The second-order valence-electron chi connectivity index (χ2n) is 3.71. The third kappa shape index (κ3) is 2.07. The Labute approximate surface area is 97.4 Å². The van der Waals surface area contributed by atoms with Crippen molar-refractivity contribution in [3.63, 3.8) is 0 Å². The molecule has 0 amide bonds. The van der Waals surface area contributed by atoms with Crippen LogP contribution in [0.5, 0.6) is 0 Å². The summed E-state index contributed by atoms with van der Waals surface area (Å²) in [7, 11) is 0. The lowest BCUT2D eigenvalue weighted by Gasteiger charge is -2.09. The van der Waals surface area contributed by atoms with Crippen LogP contribution in [0, 0.1) is 0 Å². The predicted octanol–water partition coefficient (Wildman–Crippen LogP) is 1.53. The van der Waals surface area contributed by atoms with Crippen molar-refractivity contribution in [2.24, 2.45) is 0 Å². The Morgan fingerprint density at radius 3 is 2.75 bits per heavy atom. The first-order chi connectivity index (χ1) is 7.70. The maximum atomic E-state index is 10.1. The van der Waals surface area contributed by atoms with E-state index in [4.69, 9.17) is 0 Å². The van der Waals surface area contributed by atoms with E-state index in [-0.39, 0.29) is 5.92 Å². The zero-order valence-electron chi connectivity index (χ0n) is 9.03. The van der Waals surface area contributed by atoms with Gasteiger partial charge in [0.2, 0.25) is 0 Å². The van der Waals surface area contributed by atoms with Crippen molar-refractivity contribution in [1.82, 2.24) is 19.6 Å². The van der Waals surface area contributed by atoms with Crippen LogP contribution in [-0.2, 0) is 0 Å². The lowest BCUT2D eigenvalue weighted by Crippen LogP contribution is -2.04. The molecule has 0 aliphatic heterocycles. The van der Waals surface area contributed by atoms with Crippen LogP contribution in [0.3, 0.4) is 0 Å². The normalized spacial score (nSPS) is 13.0. The fourth-order valence-corrected chi connectivity index (χ4v) is 2.19. The van der Waals surface area contributed by atoms with Crippen LogP contribution in [0.4, 0.5) is 0 Å². The van der Waals surface area contributed by atoms with Gasteiger partial charge in [-0.3, -0.25) is 9.97 Å². The minimum atomic E-state index is -0.786. The molecule has 1 N–H and O–H groups in total. The van der Waals surface area contributed by atoms with Crippen LogP contribution < -0.4 is 0 Å². The van der Waals surface area contributed by atoms with Gasteiger partial charge in [-0.15, -0.1) is 5.10 Å². The minimum Gasteiger partial charge on any atom is -0.381 e. The molecule has 16 heavy (non-hydrogen) atoms.